The Morgan fingerprint density at radius 1 is 1.12 bits per heavy atom. The summed E-state index contributed by atoms with van der Waals surface area (Å²) in [6, 6.07) is 7.96. The lowest BCUT2D eigenvalue weighted by atomic mass is 10.2. The van der Waals surface area contributed by atoms with Crippen molar-refractivity contribution in [1.82, 2.24) is 9.97 Å². The molecule has 25 heavy (non-hydrogen) atoms. The van der Waals surface area contributed by atoms with Crippen LogP contribution in [0.5, 0.6) is 5.75 Å². The van der Waals surface area contributed by atoms with Gasteiger partial charge in [0.25, 0.3) is 0 Å². The number of nitrogens with one attached hydrogen (secondary N) is 2. The average molecular weight is 352 g/mol. The fourth-order valence-electron chi connectivity index (χ4n) is 2.86. The van der Waals surface area contributed by atoms with Crippen LogP contribution in [-0.4, -0.2) is 23.1 Å². The highest BCUT2D eigenvalue weighted by atomic mass is 19.4. The minimum absolute atomic E-state index is 0.0147. The zero-order chi connectivity index (χ0) is 17.9. The highest BCUT2D eigenvalue weighted by Crippen LogP contribution is 2.32. The molecule has 2 aromatic rings. The largest absolute Gasteiger partial charge is 0.495 e. The normalized spacial score (nSPS) is 15.2. The van der Waals surface area contributed by atoms with Crippen LogP contribution < -0.4 is 15.4 Å². The molecule has 1 heterocycles. The van der Waals surface area contributed by atoms with Gasteiger partial charge in [-0.2, -0.15) is 18.2 Å². The highest BCUT2D eigenvalue weighted by molar-refractivity contribution is 5.64. The molecule has 1 aliphatic carbocycles. The first-order chi connectivity index (χ1) is 12.0. The van der Waals surface area contributed by atoms with Gasteiger partial charge in [0.05, 0.1) is 12.8 Å². The second kappa shape index (κ2) is 7.16. The quantitative estimate of drug-likeness (QED) is 0.823. The number of hydrogen-bond acceptors (Lipinski definition) is 5. The van der Waals surface area contributed by atoms with E-state index in [1.54, 1.807) is 24.3 Å². The van der Waals surface area contributed by atoms with E-state index in [1.165, 1.54) is 7.11 Å². The molecule has 0 bridgehead atoms. The van der Waals surface area contributed by atoms with Gasteiger partial charge in [0.1, 0.15) is 11.6 Å². The Hall–Kier alpha value is -2.51. The number of methoxy groups -OCH3 is 1. The van der Waals surface area contributed by atoms with Gasteiger partial charge in [-0.15, -0.1) is 0 Å². The molecule has 1 fully saturated rings. The molecule has 0 unspecified atom stereocenters. The van der Waals surface area contributed by atoms with Gasteiger partial charge >= 0.3 is 6.18 Å². The number of ether oxygens (including phenoxy) is 1. The van der Waals surface area contributed by atoms with E-state index in [4.69, 9.17) is 4.74 Å². The van der Waals surface area contributed by atoms with Crippen molar-refractivity contribution < 1.29 is 17.9 Å². The lowest BCUT2D eigenvalue weighted by molar-refractivity contribution is -0.141. The molecule has 1 aromatic carbocycles. The molecule has 0 radical (unpaired) electrons. The number of alkyl halides is 3. The fourth-order valence-corrected chi connectivity index (χ4v) is 2.86. The molecule has 0 atom stereocenters. The summed E-state index contributed by atoms with van der Waals surface area (Å²) >= 11 is 0. The molecule has 0 aliphatic heterocycles. The molecule has 134 valence electrons. The fraction of sp³-hybridized carbons (Fsp3) is 0.412. The minimum atomic E-state index is -4.55. The molecular formula is C17H19F3N4O. The van der Waals surface area contributed by atoms with E-state index in [9.17, 15) is 13.2 Å². The molecule has 8 heteroatoms. The van der Waals surface area contributed by atoms with E-state index in [1.807, 2.05) is 0 Å². The predicted molar refractivity (Wildman–Crippen MR) is 89.2 cm³/mol. The van der Waals surface area contributed by atoms with Crippen molar-refractivity contribution >= 4 is 17.5 Å². The third kappa shape index (κ3) is 4.32. The molecule has 2 N–H and O–H groups in total. The van der Waals surface area contributed by atoms with Crippen LogP contribution in [-0.2, 0) is 6.18 Å². The maximum absolute atomic E-state index is 13.2. The van der Waals surface area contributed by atoms with E-state index < -0.39 is 11.9 Å². The van der Waals surface area contributed by atoms with Gasteiger partial charge in [-0.1, -0.05) is 25.0 Å². The van der Waals surface area contributed by atoms with Crippen LogP contribution in [0, 0.1) is 0 Å². The molecule has 0 spiro atoms. The second-order valence-corrected chi connectivity index (χ2v) is 5.91. The Kier molecular flexibility index (Phi) is 4.96. The molecular weight excluding hydrogens is 333 g/mol. The molecule has 1 saturated carbocycles. The summed E-state index contributed by atoms with van der Waals surface area (Å²) in [5, 5.41) is 5.90. The number of anilines is 3. The minimum Gasteiger partial charge on any atom is -0.495 e. The second-order valence-electron chi connectivity index (χ2n) is 5.91. The zero-order valence-electron chi connectivity index (χ0n) is 13.7. The van der Waals surface area contributed by atoms with Gasteiger partial charge in [0, 0.05) is 12.1 Å². The lowest BCUT2D eigenvalue weighted by Crippen LogP contribution is -2.19. The Morgan fingerprint density at radius 2 is 1.84 bits per heavy atom. The zero-order valence-corrected chi connectivity index (χ0v) is 13.7. The smallest absolute Gasteiger partial charge is 0.433 e. The summed E-state index contributed by atoms with van der Waals surface area (Å²) in [6.45, 7) is 0. The first-order valence-corrected chi connectivity index (χ1v) is 8.08. The Balaban J connectivity index is 1.91. The van der Waals surface area contributed by atoms with Crippen molar-refractivity contribution in [3.63, 3.8) is 0 Å². The van der Waals surface area contributed by atoms with Crippen molar-refractivity contribution in [3.05, 3.63) is 36.0 Å². The summed E-state index contributed by atoms with van der Waals surface area (Å²) < 4.78 is 44.7. The van der Waals surface area contributed by atoms with E-state index in [2.05, 4.69) is 20.6 Å². The number of para-hydroxylation sites is 2. The van der Waals surface area contributed by atoms with Gasteiger partial charge in [0.2, 0.25) is 5.95 Å². The van der Waals surface area contributed by atoms with Crippen LogP contribution in [0.3, 0.4) is 0 Å². The van der Waals surface area contributed by atoms with Crippen molar-refractivity contribution in [3.8, 4) is 5.75 Å². The monoisotopic (exact) mass is 352 g/mol. The number of aromatic nitrogens is 2. The number of halogens is 3. The third-order valence-corrected chi connectivity index (χ3v) is 4.07. The van der Waals surface area contributed by atoms with Crippen LogP contribution >= 0.6 is 0 Å². The number of rotatable bonds is 5. The van der Waals surface area contributed by atoms with Crippen molar-refractivity contribution in [2.45, 2.75) is 37.9 Å². The van der Waals surface area contributed by atoms with Crippen molar-refractivity contribution in [1.29, 1.82) is 0 Å². The molecule has 1 aliphatic rings. The van der Waals surface area contributed by atoms with Gasteiger partial charge in [-0.25, -0.2) is 4.98 Å². The first kappa shape index (κ1) is 17.3. The van der Waals surface area contributed by atoms with Crippen LogP contribution in [0.25, 0.3) is 0 Å². The summed E-state index contributed by atoms with van der Waals surface area (Å²) in [6.07, 6.45) is -0.609. The van der Waals surface area contributed by atoms with Gasteiger partial charge in [-0.05, 0) is 25.0 Å². The van der Waals surface area contributed by atoms with Crippen molar-refractivity contribution in [2.24, 2.45) is 0 Å². The van der Waals surface area contributed by atoms with E-state index >= 15 is 0 Å². The molecule has 1 aromatic heterocycles. The summed E-state index contributed by atoms with van der Waals surface area (Å²) in [5.41, 5.74) is -0.455. The first-order valence-electron chi connectivity index (χ1n) is 8.08. The van der Waals surface area contributed by atoms with Gasteiger partial charge in [0.15, 0.2) is 5.69 Å². The van der Waals surface area contributed by atoms with Crippen LogP contribution in [0.2, 0.25) is 0 Å². The Morgan fingerprint density at radius 3 is 2.52 bits per heavy atom. The van der Waals surface area contributed by atoms with Crippen LogP contribution in [0.15, 0.2) is 30.3 Å². The SMILES string of the molecule is COc1ccccc1Nc1cc(C(F)(F)F)nc(NC2CCCC2)n1. The molecule has 3 rings (SSSR count). The number of benzene rings is 1. The Labute approximate surface area is 143 Å². The van der Waals surface area contributed by atoms with Gasteiger partial charge in [-0.3, -0.25) is 0 Å². The van der Waals surface area contributed by atoms with Crippen LogP contribution in [0.4, 0.5) is 30.6 Å². The standard InChI is InChI=1S/C17H19F3N4O/c1-25-13-9-5-4-8-12(13)22-15-10-14(17(18,19)20)23-16(24-15)21-11-6-2-3-7-11/h4-5,8-11H,2-3,6-7H2,1H3,(H2,21,22,23,24). The number of nitrogens with zero attached hydrogens (tertiary/aromatic N) is 2. The third-order valence-electron chi connectivity index (χ3n) is 4.07. The summed E-state index contributed by atoms with van der Waals surface area (Å²) in [7, 11) is 1.49. The topological polar surface area (TPSA) is 59.1 Å². The summed E-state index contributed by atoms with van der Waals surface area (Å²) in [4.78, 5) is 7.83. The maximum atomic E-state index is 13.2. The maximum Gasteiger partial charge on any atom is 0.433 e. The van der Waals surface area contributed by atoms with E-state index in [0.717, 1.165) is 31.7 Å². The predicted octanol–water partition coefficient (Wildman–Crippen LogP) is 4.60. The summed E-state index contributed by atoms with van der Waals surface area (Å²) in [5.74, 6) is 0.561. The molecule has 5 nitrogen and oxygen atoms in total. The lowest BCUT2D eigenvalue weighted by Gasteiger charge is -2.16. The Bertz CT molecular complexity index is 730. The van der Waals surface area contributed by atoms with E-state index in [0.29, 0.717) is 11.4 Å². The van der Waals surface area contributed by atoms with Crippen molar-refractivity contribution in [2.75, 3.05) is 17.7 Å². The molecule has 0 amide bonds. The van der Waals surface area contributed by atoms with Crippen LogP contribution in [0.1, 0.15) is 31.4 Å². The van der Waals surface area contributed by atoms with Gasteiger partial charge < -0.3 is 15.4 Å². The highest BCUT2D eigenvalue weighted by Gasteiger charge is 2.34. The number of hydrogen-bond donors (Lipinski definition) is 2. The average Bonchev–Trinajstić information content (AvgIpc) is 3.07. The molecule has 0 saturated heterocycles. The van der Waals surface area contributed by atoms with E-state index in [-0.39, 0.29) is 17.8 Å².